The van der Waals surface area contributed by atoms with Gasteiger partial charge in [0.05, 0.1) is 5.54 Å². The summed E-state index contributed by atoms with van der Waals surface area (Å²) in [7, 11) is 0. The molecule has 1 atom stereocenters. The molecular formula is C16H22N2O2. The van der Waals surface area contributed by atoms with Crippen LogP contribution in [0.4, 0.5) is 4.79 Å². The van der Waals surface area contributed by atoms with E-state index in [0.29, 0.717) is 6.54 Å². The first kappa shape index (κ1) is 13.4. The molecule has 3 rings (SSSR count). The summed E-state index contributed by atoms with van der Waals surface area (Å²) < 4.78 is 0. The van der Waals surface area contributed by atoms with E-state index in [1.165, 1.54) is 12.0 Å². The van der Waals surface area contributed by atoms with Gasteiger partial charge in [-0.05, 0) is 24.8 Å². The van der Waals surface area contributed by atoms with Crippen molar-refractivity contribution in [3.63, 3.8) is 0 Å². The minimum atomic E-state index is -0.681. The Balaban J connectivity index is 1.66. The molecule has 2 fully saturated rings. The van der Waals surface area contributed by atoms with Crippen LogP contribution in [0.15, 0.2) is 30.3 Å². The number of benzene rings is 1. The maximum absolute atomic E-state index is 12.1. The molecule has 0 bridgehead atoms. The van der Waals surface area contributed by atoms with Gasteiger partial charge in [0.2, 0.25) is 0 Å². The van der Waals surface area contributed by atoms with Gasteiger partial charge in [0.1, 0.15) is 0 Å². The predicted octanol–water partition coefficient (Wildman–Crippen LogP) is 2.28. The molecule has 0 radical (unpaired) electrons. The fraction of sp³-hybridized carbons (Fsp3) is 0.562. The summed E-state index contributed by atoms with van der Waals surface area (Å²) in [4.78, 5) is 13.7. The average molecular weight is 274 g/mol. The van der Waals surface area contributed by atoms with Gasteiger partial charge in [-0.1, -0.05) is 49.6 Å². The zero-order valence-corrected chi connectivity index (χ0v) is 11.7. The summed E-state index contributed by atoms with van der Waals surface area (Å²) in [5, 5.41) is 13.6. The third-order valence-electron chi connectivity index (χ3n) is 4.64. The minimum Gasteiger partial charge on any atom is -0.371 e. The fourth-order valence-electron chi connectivity index (χ4n) is 3.44. The number of rotatable bonds is 3. The van der Waals surface area contributed by atoms with E-state index in [1.807, 2.05) is 18.2 Å². The van der Waals surface area contributed by atoms with E-state index in [4.69, 9.17) is 0 Å². The number of carbonyl (C=O) groups is 1. The molecule has 1 heterocycles. The van der Waals surface area contributed by atoms with Crippen LogP contribution < -0.4 is 5.32 Å². The quantitative estimate of drug-likeness (QED) is 0.888. The van der Waals surface area contributed by atoms with Gasteiger partial charge in [-0.25, -0.2) is 4.79 Å². The Hall–Kier alpha value is -1.55. The molecule has 4 nitrogen and oxygen atoms in total. The predicted molar refractivity (Wildman–Crippen MR) is 77.2 cm³/mol. The monoisotopic (exact) mass is 274 g/mol. The number of aliphatic hydroxyl groups is 1. The maximum atomic E-state index is 12.1. The Labute approximate surface area is 119 Å². The van der Waals surface area contributed by atoms with Gasteiger partial charge in [0.25, 0.3) is 0 Å². The van der Waals surface area contributed by atoms with Crippen molar-refractivity contribution in [2.24, 2.45) is 0 Å². The summed E-state index contributed by atoms with van der Waals surface area (Å²) in [5.74, 6) is 0. The first-order valence-corrected chi connectivity index (χ1v) is 7.52. The lowest BCUT2D eigenvalue weighted by Gasteiger charge is -2.36. The lowest BCUT2D eigenvalue weighted by atomic mass is 9.81. The van der Waals surface area contributed by atoms with Crippen LogP contribution in [0.5, 0.6) is 0 Å². The third-order valence-corrected chi connectivity index (χ3v) is 4.64. The van der Waals surface area contributed by atoms with Gasteiger partial charge in [0.15, 0.2) is 6.23 Å². The molecule has 2 N–H and O–H groups in total. The van der Waals surface area contributed by atoms with Crippen LogP contribution in [0.25, 0.3) is 0 Å². The van der Waals surface area contributed by atoms with Crippen LogP contribution in [0.3, 0.4) is 0 Å². The van der Waals surface area contributed by atoms with Gasteiger partial charge >= 0.3 is 6.03 Å². The Morgan fingerprint density at radius 3 is 2.60 bits per heavy atom. The highest BCUT2D eigenvalue weighted by Gasteiger charge is 2.50. The molecule has 1 saturated heterocycles. The number of carbonyl (C=O) groups excluding carboxylic acids is 1. The molecule has 20 heavy (non-hydrogen) atoms. The first-order chi connectivity index (χ1) is 9.71. The van der Waals surface area contributed by atoms with Crippen LogP contribution >= 0.6 is 0 Å². The molecule has 1 spiro atoms. The van der Waals surface area contributed by atoms with Gasteiger partial charge in [-0.2, -0.15) is 0 Å². The highest BCUT2D eigenvalue weighted by Crippen LogP contribution is 2.36. The minimum absolute atomic E-state index is 0.115. The second kappa shape index (κ2) is 5.44. The molecule has 1 aliphatic carbocycles. The maximum Gasteiger partial charge on any atom is 0.320 e. The summed E-state index contributed by atoms with van der Waals surface area (Å²) in [6.45, 7) is 0.568. The summed E-state index contributed by atoms with van der Waals surface area (Å²) in [6.07, 6.45) is 5.26. The van der Waals surface area contributed by atoms with Crippen molar-refractivity contribution in [2.75, 3.05) is 6.54 Å². The molecule has 1 aromatic carbocycles. The molecule has 1 aliphatic heterocycles. The molecule has 2 amide bonds. The second-order valence-electron chi connectivity index (χ2n) is 5.95. The number of hydrogen-bond donors (Lipinski definition) is 2. The number of nitrogens with zero attached hydrogens (tertiary/aromatic N) is 1. The van der Waals surface area contributed by atoms with E-state index < -0.39 is 11.8 Å². The average Bonchev–Trinajstić information content (AvgIpc) is 2.70. The second-order valence-corrected chi connectivity index (χ2v) is 5.95. The first-order valence-electron chi connectivity index (χ1n) is 7.52. The summed E-state index contributed by atoms with van der Waals surface area (Å²) in [5.41, 5.74) is 0.795. The van der Waals surface area contributed by atoms with Gasteiger partial charge in [0, 0.05) is 6.54 Å². The largest absolute Gasteiger partial charge is 0.371 e. The number of urea groups is 1. The van der Waals surface area contributed by atoms with E-state index >= 15 is 0 Å². The van der Waals surface area contributed by atoms with Crippen molar-refractivity contribution < 1.29 is 9.90 Å². The van der Waals surface area contributed by atoms with Crippen molar-refractivity contribution in [2.45, 2.75) is 50.3 Å². The molecule has 1 saturated carbocycles. The van der Waals surface area contributed by atoms with Crippen LogP contribution in [-0.4, -0.2) is 34.3 Å². The van der Waals surface area contributed by atoms with Gasteiger partial charge in [-0.15, -0.1) is 0 Å². The van der Waals surface area contributed by atoms with Gasteiger partial charge < -0.3 is 10.4 Å². The van der Waals surface area contributed by atoms with Gasteiger partial charge in [-0.3, -0.25) is 4.90 Å². The van der Waals surface area contributed by atoms with Crippen LogP contribution in [0, 0.1) is 0 Å². The molecular weight excluding hydrogens is 252 g/mol. The smallest absolute Gasteiger partial charge is 0.320 e. The number of amides is 2. The molecule has 0 aromatic heterocycles. The van der Waals surface area contributed by atoms with Crippen molar-refractivity contribution in [3.05, 3.63) is 35.9 Å². The molecule has 4 heteroatoms. The summed E-state index contributed by atoms with van der Waals surface area (Å²) in [6, 6.07) is 9.97. The zero-order valence-electron chi connectivity index (χ0n) is 11.7. The highest BCUT2D eigenvalue weighted by atomic mass is 16.3. The van der Waals surface area contributed by atoms with Crippen molar-refractivity contribution in [1.29, 1.82) is 0 Å². The molecule has 1 aromatic rings. The third kappa shape index (κ3) is 2.40. The van der Waals surface area contributed by atoms with Crippen molar-refractivity contribution in [1.82, 2.24) is 10.2 Å². The highest BCUT2D eigenvalue weighted by molar-refractivity contribution is 5.78. The summed E-state index contributed by atoms with van der Waals surface area (Å²) >= 11 is 0. The van der Waals surface area contributed by atoms with E-state index in [-0.39, 0.29) is 6.03 Å². The number of hydrogen-bond acceptors (Lipinski definition) is 2. The Bertz CT molecular complexity index is 469. The fourth-order valence-corrected chi connectivity index (χ4v) is 3.44. The SMILES string of the molecule is O=C1NC2(CCCCC2)C(O)N1CCc1ccccc1. The van der Waals surface area contributed by atoms with Crippen molar-refractivity contribution in [3.8, 4) is 0 Å². The number of aliphatic hydroxyl groups excluding tert-OH is 1. The molecule has 108 valence electrons. The van der Waals surface area contributed by atoms with Crippen molar-refractivity contribution >= 4 is 6.03 Å². The van der Waals surface area contributed by atoms with E-state index in [1.54, 1.807) is 4.90 Å². The lowest BCUT2D eigenvalue weighted by molar-refractivity contribution is -0.0122. The Morgan fingerprint density at radius 2 is 1.90 bits per heavy atom. The number of nitrogens with one attached hydrogen (secondary N) is 1. The Morgan fingerprint density at radius 1 is 1.20 bits per heavy atom. The Kier molecular flexibility index (Phi) is 3.66. The normalized spacial score (nSPS) is 24.9. The zero-order chi connectivity index (χ0) is 14.0. The standard InChI is InChI=1S/C16H22N2O2/c19-14-16(10-5-2-6-11-16)17-15(20)18(14)12-9-13-7-3-1-4-8-13/h1,3-4,7-8,14,19H,2,5-6,9-12H2,(H,17,20). The van der Waals surface area contributed by atoms with E-state index in [9.17, 15) is 9.90 Å². The van der Waals surface area contributed by atoms with Crippen LogP contribution in [0.1, 0.15) is 37.7 Å². The topological polar surface area (TPSA) is 52.6 Å². The molecule has 2 aliphatic rings. The lowest BCUT2D eigenvalue weighted by Crippen LogP contribution is -2.51. The van der Waals surface area contributed by atoms with Crippen LogP contribution in [-0.2, 0) is 6.42 Å². The van der Waals surface area contributed by atoms with E-state index in [0.717, 1.165) is 32.1 Å². The van der Waals surface area contributed by atoms with E-state index in [2.05, 4.69) is 17.4 Å². The van der Waals surface area contributed by atoms with Crippen LogP contribution in [0.2, 0.25) is 0 Å². The molecule has 1 unspecified atom stereocenters.